The largest absolute Gasteiger partial charge is 0.351 e. The number of thioether (sulfide) groups is 1. The molecule has 0 radical (unpaired) electrons. The van der Waals surface area contributed by atoms with Crippen molar-refractivity contribution in [2.24, 2.45) is 0 Å². The number of amides is 3. The van der Waals surface area contributed by atoms with Gasteiger partial charge in [-0.25, -0.2) is 0 Å². The van der Waals surface area contributed by atoms with Gasteiger partial charge >= 0.3 is 0 Å². The summed E-state index contributed by atoms with van der Waals surface area (Å²) in [6.45, 7) is 3.67. The Kier molecular flexibility index (Phi) is 8.40. The molecule has 1 N–H and O–H groups in total. The average Bonchev–Trinajstić information content (AvgIpc) is 3.14. The van der Waals surface area contributed by atoms with Crippen molar-refractivity contribution in [3.8, 4) is 0 Å². The number of nitrogens with zero attached hydrogens (tertiary/aromatic N) is 2. The minimum atomic E-state index is -0.189. The van der Waals surface area contributed by atoms with Crippen LogP contribution < -0.4 is 5.32 Å². The second-order valence-electron chi connectivity index (χ2n) is 7.67. The molecule has 0 atom stereocenters. The standard InChI is InChI=1S/C22H31N3O3S/c26-20(24-13-5-1-2-6-14-24)11-12-23-22(28)18-9-3-4-10-19(18)29-17-21(27)25-15-7-8-16-25/h3-4,9-10H,1-2,5-8,11-17H2,(H,23,28). The van der Waals surface area contributed by atoms with E-state index in [1.807, 2.05) is 28.0 Å². The quantitative estimate of drug-likeness (QED) is 0.693. The Bertz CT molecular complexity index is 711. The van der Waals surface area contributed by atoms with Crippen LogP contribution in [0.4, 0.5) is 0 Å². The van der Waals surface area contributed by atoms with E-state index in [2.05, 4.69) is 5.32 Å². The fourth-order valence-electron chi connectivity index (χ4n) is 3.83. The molecule has 1 aromatic rings. The summed E-state index contributed by atoms with van der Waals surface area (Å²) in [6.07, 6.45) is 6.99. The Balaban J connectivity index is 1.47. The zero-order chi connectivity index (χ0) is 20.5. The van der Waals surface area contributed by atoms with Crippen molar-refractivity contribution in [2.45, 2.75) is 49.8 Å². The first-order valence-corrected chi connectivity index (χ1v) is 11.7. The molecule has 158 valence electrons. The summed E-state index contributed by atoms with van der Waals surface area (Å²) in [5.74, 6) is 0.403. The maximum Gasteiger partial charge on any atom is 0.252 e. The molecule has 3 rings (SSSR count). The average molecular weight is 418 g/mol. The van der Waals surface area contributed by atoms with Crippen LogP contribution in [0.5, 0.6) is 0 Å². The Morgan fingerprint density at radius 1 is 0.828 bits per heavy atom. The molecule has 0 aliphatic carbocycles. The summed E-state index contributed by atoms with van der Waals surface area (Å²) in [5.41, 5.74) is 0.564. The summed E-state index contributed by atoms with van der Waals surface area (Å²) in [6, 6.07) is 7.35. The molecule has 0 unspecified atom stereocenters. The Hall–Kier alpha value is -2.02. The van der Waals surface area contributed by atoms with E-state index in [1.54, 1.807) is 6.07 Å². The molecule has 7 heteroatoms. The number of rotatable bonds is 7. The van der Waals surface area contributed by atoms with Gasteiger partial charge in [-0.3, -0.25) is 14.4 Å². The number of carbonyl (C=O) groups excluding carboxylic acids is 3. The van der Waals surface area contributed by atoms with Crippen LogP contribution in [0.2, 0.25) is 0 Å². The molecule has 6 nitrogen and oxygen atoms in total. The van der Waals surface area contributed by atoms with Crippen LogP contribution >= 0.6 is 11.8 Å². The Labute approximate surface area is 177 Å². The Morgan fingerprint density at radius 2 is 1.41 bits per heavy atom. The molecule has 0 spiro atoms. The number of hydrogen-bond donors (Lipinski definition) is 1. The maximum atomic E-state index is 12.6. The van der Waals surface area contributed by atoms with Crippen LogP contribution in [-0.4, -0.2) is 66.0 Å². The number of hydrogen-bond acceptors (Lipinski definition) is 4. The molecule has 2 heterocycles. The van der Waals surface area contributed by atoms with Crippen LogP contribution in [0.1, 0.15) is 55.3 Å². The van der Waals surface area contributed by atoms with Gasteiger partial charge in [-0.15, -0.1) is 11.8 Å². The lowest BCUT2D eigenvalue weighted by Gasteiger charge is -2.20. The summed E-state index contributed by atoms with van der Waals surface area (Å²) in [4.78, 5) is 41.9. The minimum absolute atomic E-state index is 0.117. The summed E-state index contributed by atoms with van der Waals surface area (Å²) in [5, 5.41) is 2.87. The van der Waals surface area contributed by atoms with Gasteiger partial charge in [-0.2, -0.15) is 0 Å². The lowest BCUT2D eigenvalue weighted by molar-refractivity contribution is -0.131. The highest BCUT2D eigenvalue weighted by Gasteiger charge is 2.20. The highest BCUT2D eigenvalue weighted by molar-refractivity contribution is 8.00. The van der Waals surface area contributed by atoms with Gasteiger partial charge in [0.05, 0.1) is 11.3 Å². The van der Waals surface area contributed by atoms with Gasteiger partial charge in [0.25, 0.3) is 5.91 Å². The van der Waals surface area contributed by atoms with E-state index in [1.165, 1.54) is 24.6 Å². The van der Waals surface area contributed by atoms with Crippen molar-refractivity contribution in [2.75, 3.05) is 38.5 Å². The van der Waals surface area contributed by atoms with E-state index in [0.717, 1.165) is 56.8 Å². The molecule has 1 aromatic carbocycles. The topological polar surface area (TPSA) is 69.7 Å². The van der Waals surface area contributed by atoms with Crippen molar-refractivity contribution in [1.29, 1.82) is 0 Å². The van der Waals surface area contributed by atoms with E-state index >= 15 is 0 Å². The van der Waals surface area contributed by atoms with Gasteiger partial charge in [-0.1, -0.05) is 25.0 Å². The van der Waals surface area contributed by atoms with Crippen molar-refractivity contribution in [3.63, 3.8) is 0 Å². The van der Waals surface area contributed by atoms with Crippen LogP contribution in [0.25, 0.3) is 0 Å². The number of benzene rings is 1. The first kappa shape index (κ1) is 21.7. The summed E-state index contributed by atoms with van der Waals surface area (Å²) in [7, 11) is 0. The van der Waals surface area contributed by atoms with Crippen LogP contribution in [0.15, 0.2) is 29.2 Å². The van der Waals surface area contributed by atoms with E-state index in [9.17, 15) is 14.4 Å². The van der Waals surface area contributed by atoms with Gasteiger partial charge in [-0.05, 0) is 37.8 Å². The molecule has 3 amide bonds. The number of carbonyl (C=O) groups is 3. The lowest BCUT2D eigenvalue weighted by Crippen LogP contribution is -2.35. The normalized spacial score (nSPS) is 17.1. The molecular weight excluding hydrogens is 386 g/mol. The van der Waals surface area contributed by atoms with Crippen molar-refractivity contribution < 1.29 is 14.4 Å². The van der Waals surface area contributed by atoms with Crippen molar-refractivity contribution >= 4 is 29.5 Å². The highest BCUT2D eigenvalue weighted by atomic mass is 32.2. The van der Waals surface area contributed by atoms with Crippen LogP contribution in [0.3, 0.4) is 0 Å². The molecule has 0 saturated carbocycles. The molecule has 2 fully saturated rings. The Morgan fingerprint density at radius 3 is 2.10 bits per heavy atom. The van der Waals surface area contributed by atoms with Crippen LogP contribution in [0, 0.1) is 0 Å². The third-order valence-corrected chi connectivity index (χ3v) is 6.58. The summed E-state index contributed by atoms with van der Waals surface area (Å²) >= 11 is 1.41. The second-order valence-corrected chi connectivity index (χ2v) is 8.69. The summed E-state index contributed by atoms with van der Waals surface area (Å²) < 4.78 is 0. The van der Waals surface area contributed by atoms with E-state index in [0.29, 0.717) is 24.3 Å². The molecule has 2 aliphatic heterocycles. The van der Waals surface area contributed by atoms with Crippen molar-refractivity contribution in [1.82, 2.24) is 15.1 Å². The molecule has 2 aliphatic rings. The molecular formula is C22H31N3O3S. The van der Waals surface area contributed by atoms with Crippen LogP contribution in [-0.2, 0) is 9.59 Å². The predicted molar refractivity (Wildman–Crippen MR) is 115 cm³/mol. The highest BCUT2D eigenvalue weighted by Crippen LogP contribution is 2.23. The lowest BCUT2D eigenvalue weighted by atomic mass is 10.2. The van der Waals surface area contributed by atoms with E-state index in [-0.39, 0.29) is 17.7 Å². The van der Waals surface area contributed by atoms with Gasteiger partial charge < -0.3 is 15.1 Å². The SMILES string of the molecule is O=C(NCCC(=O)N1CCCCCC1)c1ccccc1SCC(=O)N1CCCC1. The monoisotopic (exact) mass is 417 g/mol. The third kappa shape index (κ3) is 6.49. The van der Waals surface area contributed by atoms with Crippen molar-refractivity contribution in [3.05, 3.63) is 29.8 Å². The smallest absolute Gasteiger partial charge is 0.252 e. The van der Waals surface area contributed by atoms with Gasteiger partial charge in [0.1, 0.15) is 0 Å². The molecule has 29 heavy (non-hydrogen) atoms. The fourth-order valence-corrected chi connectivity index (χ4v) is 4.79. The predicted octanol–water partition coefficient (Wildman–Crippen LogP) is 2.92. The molecule has 0 bridgehead atoms. The maximum absolute atomic E-state index is 12.6. The van der Waals surface area contributed by atoms with Gasteiger partial charge in [0, 0.05) is 44.0 Å². The zero-order valence-corrected chi connectivity index (χ0v) is 17.8. The fraction of sp³-hybridized carbons (Fsp3) is 0.591. The minimum Gasteiger partial charge on any atom is -0.351 e. The molecule has 2 saturated heterocycles. The number of likely N-dealkylation sites (tertiary alicyclic amines) is 2. The van der Waals surface area contributed by atoms with E-state index in [4.69, 9.17) is 0 Å². The van der Waals surface area contributed by atoms with Gasteiger partial charge in [0.15, 0.2) is 0 Å². The number of nitrogens with one attached hydrogen (secondary N) is 1. The van der Waals surface area contributed by atoms with E-state index < -0.39 is 0 Å². The third-order valence-electron chi connectivity index (χ3n) is 5.52. The molecule has 0 aromatic heterocycles. The second kappa shape index (κ2) is 11.2. The zero-order valence-electron chi connectivity index (χ0n) is 17.0. The first-order valence-electron chi connectivity index (χ1n) is 10.7. The first-order chi connectivity index (χ1) is 14.1. The van der Waals surface area contributed by atoms with Gasteiger partial charge in [0.2, 0.25) is 11.8 Å².